The molecular formula is C18H29NO2. The number of hydrogen-bond donors (Lipinski definition) is 1. The van der Waals surface area contributed by atoms with Crippen molar-refractivity contribution < 1.29 is 9.90 Å². The first kappa shape index (κ1) is 17.9. The van der Waals surface area contributed by atoms with Crippen molar-refractivity contribution in [3.8, 4) is 0 Å². The predicted molar refractivity (Wildman–Crippen MR) is 87.9 cm³/mol. The van der Waals surface area contributed by atoms with E-state index in [9.17, 15) is 9.90 Å². The summed E-state index contributed by atoms with van der Waals surface area (Å²) < 4.78 is 0. The lowest BCUT2D eigenvalue weighted by Crippen LogP contribution is -2.47. The second-order valence-electron chi connectivity index (χ2n) is 5.79. The molecule has 0 aliphatic heterocycles. The zero-order chi connectivity index (χ0) is 16.0. The molecule has 1 aromatic carbocycles. The maximum Gasteiger partial charge on any atom is 0.179 e. The number of hydrogen-bond acceptors (Lipinski definition) is 3. The Kier molecular flexibility index (Phi) is 7.06. The van der Waals surface area contributed by atoms with Gasteiger partial charge >= 0.3 is 0 Å². The van der Waals surface area contributed by atoms with Gasteiger partial charge in [0.05, 0.1) is 12.6 Å². The topological polar surface area (TPSA) is 40.5 Å². The minimum Gasteiger partial charge on any atom is -0.395 e. The summed E-state index contributed by atoms with van der Waals surface area (Å²) in [5, 5.41) is 9.32. The largest absolute Gasteiger partial charge is 0.395 e. The van der Waals surface area contributed by atoms with Crippen LogP contribution in [0.5, 0.6) is 0 Å². The quantitative estimate of drug-likeness (QED) is 0.747. The summed E-state index contributed by atoms with van der Waals surface area (Å²) in [5.74, 6) is 0.150. The van der Waals surface area contributed by atoms with Crippen molar-refractivity contribution in [2.45, 2.75) is 59.5 Å². The summed E-state index contributed by atoms with van der Waals surface area (Å²) in [4.78, 5) is 15.0. The SMILES string of the molecule is CCC(CC)N(CCO)C(C)C(=O)c1cc(C)ccc1C. The first-order chi connectivity index (χ1) is 9.96. The third-order valence-electron chi connectivity index (χ3n) is 4.31. The van der Waals surface area contributed by atoms with Crippen LogP contribution in [0.25, 0.3) is 0 Å². The molecule has 1 rings (SSSR count). The summed E-state index contributed by atoms with van der Waals surface area (Å²) in [6, 6.07) is 6.13. The van der Waals surface area contributed by atoms with Crippen molar-refractivity contribution in [2.75, 3.05) is 13.2 Å². The van der Waals surface area contributed by atoms with Gasteiger partial charge in [-0.2, -0.15) is 0 Å². The number of Topliss-reactive ketones (excluding diaryl/α,β-unsaturated/α-hetero) is 1. The molecule has 21 heavy (non-hydrogen) atoms. The van der Waals surface area contributed by atoms with Crippen molar-refractivity contribution in [1.29, 1.82) is 0 Å². The summed E-state index contributed by atoms with van der Waals surface area (Å²) in [7, 11) is 0. The highest BCUT2D eigenvalue weighted by atomic mass is 16.3. The molecule has 118 valence electrons. The Hall–Kier alpha value is -1.19. The molecule has 0 spiro atoms. The van der Waals surface area contributed by atoms with Crippen LogP contribution in [0.1, 0.15) is 55.1 Å². The third kappa shape index (κ3) is 4.39. The summed E-state index contributed by atoms with van der Waals surface area (Å²) in [6.45, 7) is 10.8. The average molecular weight is 291 g/mol. The van der Waals surface area contributed by atoms with Gasteiger partial charge in [-0.3, -0.25) is 9.69 Å². The van der Waals surface area contributed by atoms with Gasteiger partial charge in [0, 0.05) is 18.2 Å². The van der Waals surface area contributed by atoms with E-state index >= 15 is 0 Å². The molecule has 0 saturated heterocycles. The van der Waals surface area contributed by atoms with Crippen LogP contribution in [0, 0.1) is 13.8 Å². The van der Waals surface area contributed by atoms with E-state index in [0.717, 1.165) is 29.5 Å². The summed E-state index contributed by atoms with van der Waals surface area (Å²) in [5.41, 5.74) is 2.93. The highest BCUT2D eigenvalue weighted by Gasteiger charge is 2.27. The van der Waals surface area contributed by atoms with Crippen LogP contribution in [0.4, 0.5) is 0 Å². The van der Waals surface area contributed by atoms with Gasteiger partial charge in [0.15, 0.2) is 5.78 Å². The molecule has 0 saturated carbocycles. The lowest BCUT2D eigenvalue weighted by molar-refractivity contribution is 0.0685. The van der Waals surface area contributed by atoms with Gasteiger partial charge in [-0.15, -0.1) is 0 Å². The van der Waals surface area contributed by atoms with E-state index in [1.165, 1.54) is 0 Å². The average Bonchev–Trinajstić information content (AvgIpc) is 2.48. The van der Waals surface area contributed by atoms with Gasteiger partial charge in [-0.25, -0.2) is 0 Å². The first-order valence-corrected chi connectivity index (χ1v) is 7.94. The van der Waals surface area contributed by atoms with E-state index in [-0.39, 0.29) is 18.4 Å². The molecule has 3 nitrogen and oxygen atoms in total. The fourth-order valence-electron chi connectivity index (χ4n) is 2.94. The number of carbonyl (C=O) groups excluding carboxylic acids is 1. The normalized spacial score (nSPS) is 13.0. The molecule has 0 radical (unpaired) electrons. The van der Waals surface area contributed by atoms with Crippen molar-refractivity contribution in [3.63, 3.8) is 0 Å². The number of aryl methyl sites for hydroxylation is 2. The van der Waals surface area contributed by atoms with Crippen LogP contribution in [0.3, 0.4) is 0 Å². The first-order valence-electron chi connectivity index (χ1n) is 7.94. The lowest BCUT2D eigenvalue weighted by atomic mass is 9.96. The van der Waals surface area contributed by atoms with Crippen LogP contribution < -0.4 is 0 Å². The van der Waals surface area contributed by atoms with Crippen molar-refractivity contribution in [2.24, 2.45) is 0 Å². The van der Waals surface area contributed by atoms with Gasteiger partial charge in [-0.1, -0.05) is 31.5 Å². The minimum absolute atomic E-state index is 0.0842. The molecule has 0 bridgehead atoms. The Labute approximate surface area is 129 Å². The van der Waals surface area contributed by atoms with E-state index in [2.05, 4.69) is 18.7 Å². The van der Waals surface area contributed by atoms with Crippen LogP contribution >= 0.6 is 0 Å². The van der Waals surface area contributed by atoms with Crippen molar-refractivity contribution in [3.05, 3.63) is 34.9 Å². The molecule has 3 heteroatoms. The number of nitrogens with zero attached hydrogens (tertiary/aromatic N) is 1. The maximum atomic E-state index is 12.8. The van der Waals surface area contributed by atoms with Crippen LogP contribution in [0.15, 0.2) is 18.2 Å². The molecule has 1 aromatic rings. The Morgan fingerprint density at radius 1 is 1.24 bits per heavy atom. The minimum atomic E-state index is -0.206. The van der Waals surface area contributed by atoms with E-state index in [0.29, 0.717) is 12.6 Å². The zero-order valence-corrected chi connectivity index (χ0v) is 14.0. The molecule has 0 aliphatic carbocycles. The van der Waals surface area contributed by atoms with E-state index in [4.69, 9.17) is 0 Å². The standard InChI is InChI=1S/C18H29NO2/c1-6-16(7-2)19(10-11-20)15(5)18(21)17-12-13(3)8-9-14(17)4/h8-9,12,15-16,20H,6-7,10-11H2,1-5H3. The van der Waals surface area contributed by atoms with Crippen LogP contribution in [-0.2, 0) is 0 Å². The second-order valence-corrected chi connectivity index (χ2v) is 5.79. The highest BCUT2D eigenvalue weighted by molar-refractivity contribution is 6.01. The number of aliphatic hydroxyl groups excluding tert-OH is 1. The van der Waals surface area contributed by atoms with Gasteiger partial charge in [0.2, 0.25) is 0 Å². The predicted octanol–water partition coefficient (Wildman–Crippen LogP) is 3.36. The molecule has 0 amide bonds. The Bertz CT molecular complexity index is 466. The Morgan fingerprint density at radius 3 is 2.38 bits per heavy atom. The zero-order valence-electron chi connectivity index (χ0n) is 14.0. The molecular weight excluding hydrogens is 262 g/mol. The monoisotopic (exact) mass is 291 g/mol. The van der Waals surface area contributed by atoms with Gasteiger partial charge < -0.3 is 5.11 Å². The molecule has 0 aromatic heterocycles. The van der Waals surface area contributed by atoms with Crippen molar-refractivity contribution in [1.82, 2.24) is 4.90 Å². The van der Waals surface area contributed by atoms with E-state index < -0.39 is 0 Å². The van der Waals surface area contributed by atoms with Gasteiger partial charge in [0.25, 0.3) is 0 Å². The maximum absolute atomic E-state index is 12.8. The van der Waals surface area contributed by atoms with Crippen molar-refractivity contribution >= 4 is 5.78 Å². The number of rotatable bonds is 8. The molecule has 1 atom stereocenters. The summed E-state index contributed by atoms with van der Waals surface area (Å²) >= 11 is 0. The van der Waals surface area contributed by atoms with Gasteiger partial charge in [0.1, 0.15) is 0 Å². The van der Waals surface area contributed by atoms with E-state index in [1.54, 1.807) is 0 Å². The third-order valence-corrected chi connectivity index (χ3v) is 4.31. The second kappa shape index (κ2) is 8.30. The Morgan fingerprint density at radius 2 is 1.86 bits per heavy atom. The highest BCUT2D eigenvalue weighted by Crippen LogP contribution is 2.19. The fourth-order valence-corrected chi connectivity index (χ4v) is 2.94. The van der Waals surface area contributed by atoms with Gasteiger partial charge in [-0.05, 0) is 45.2 Å². The van der Waals surface area contributed by atoms with Crippen LogP contribution in [-0.4, -0.2) is 41.0 Å². The van der Waals surface area contributed by atoms with Crippen LogP contribution in [0.2, 0.25) is 0 Å². The molecule has 1 unspecified atom stereocenters. The number of benzene rings is 1. The fraction of sp³-hybridized carbons (Fsp3) is 0.611. The molecule has 1 N–H and O–H groups in total. The molecule has 0 fully saturated rings. The Balaban J connectivity index is 3.04. The lowest BCUT2D eigenvalue weighted by Gasteiger charge is -2.34. The molecule has 0 heterocycles. The number of ketones is 1. The molecule has 0 aliphatic rings. The summed E-state index contributed by atoms with van der Waals surface area (Å²) in [6.07, 6.45) is 1.97. The number of carbonyl (C=O) groups is 1. The number of aliphatic hydroxyl groups is 1. The van der Waals surface area contributed by atoms with E-state index in [1.807, 2.05) is 39.0 Å². The smallest absolute Gasteiger partial charge is 0.179 e.